The molecule has 0 spiro atoms. The molecule has 0 radical (unpaired) electrons. The molecule has 1 atom stereocenters. The van der Waals surface area contributed by atoms with Crippen molar-refractivity contribution < 1.29 is 14.6 Å². The van der Waals surface area contributed by atoms with Crippen molar-refractivity contribution in [3.8, 4) is 11.5 Å². The average Bonchev–Trinajstić information content (AvgIpc) is 2.84. The van der Waals surface area contributed by atoms with E-state index in [1.54, 1.807) is 0 Å². The number of hydrogen-bond donors (Lipinski definition) is 1. The quantitative estimate of drug-likeness (QED) is 0.895. The largest absolute Gasteiger partial charge is 0.490 e. The summed E-state index contributed by atoms with van der Waals surface area (Å²) in [6.07, 6.45) is 1.94. The number of aliphatic hydroxyl groups is 1. The van der Waals surface area contributed by atoms with Crippen molar-refractivity contribution in [1.82, 2.24) is 9.80 Å². The van der Waals surface area contributed by atoms with Crippen molar-refractivity contribution in [2.75, 3.05) is 46.0 Å². The second-order valence-corrected chi connectivity index (χ2v) is 6.35. The molecular weight excluding hydrogens is 292 g/mol. The van der Waals surface area contributed by atoms with Gasteiger partial charge in [0.15, 0.2) is 11.5 Å². The standard InChI is InChI=1S/C18H28N2O3/c1-2-16(14-21)20-9-7-19(8-10-20)13-15-5-3-6-17-18(15)23-12-4-11-22-17/h3,5-6,16,21H,2,4,7-14H2,1H3. The highest BCUT2D eigenvalue weighted by molar-refractivity contribution is 5.47. The Hall–Kier alpha value is -1.30. The van der Waals surface area contributed by atoms with Gasteiger partial charge >= 0.3 is 0 Å². The maximum absolute atomic E-state index is 9.45. The van der Waals surface area contributed by atoms with Crippen LogP contribution in [0.1, 0.15) is 25.3 Å². The maximum atomic E-state index is 9.45. The number of ether oxygens (including phenoxy) is 2. The lowest BCUT2D eigenvalue weighted by molar-refractivity contribution is 0.0605. The Morgan fingerprint density at radius 3 is 2.65 bits per heavy atom. The molecule has 1 N–H and O–H groups in total. The number of hydrogen-bond acceptors (Lipinski definition) is 5. The van der Waals surface area contributed by atoms with E-state index in [9.17, 15) is 5.11 Å². The molecule has 2 aliphatic heterocycles. The second-order valence-electron chi connectivity index (χ2n) is 6.35. The van der Waals surface area contributed by atoms with Crippen molar-refractivity contribution in [1.29, 1.82) is 0 Å². The summed E-state index contributed by atoms with van der Waals surface area (Å²) in [6.45, 7) is 8.86. The number of nitrogens with zero attached hydrogens (tertiary/aromatic N) is 2. The van der Waals surface area contributed by atoms with Crippen molar-refractivity contribution in [2.24, 2.45) is 0 Å². The van der Waals surface area contributed by atoms with Gasteiger partial charge < -0.3 is 14.6 Å². The highest BCUT2D eigenvalue weighted by Crippen LogP contribution is 2.34. The average molecular weight is 320 g/mol. The molecule has 128 valence electrons. The topological polar surface area (TPSA) is 45.2 Å². The van der Waals surface area contributed by atoms with Crippen LogP contribution >= 0.6 is 0 Å². The predicted molar refractivity (Wildman–Crippen MR) is 90.1 cm³/mol. The maximum Gasteiger partial charge on any atom is 0.165 e. The van der Waals surface area contributed by atoms with Gasteiger partial charge in [0.1, 0.15) is 0 Å². The van der Waals surface area contributed by atoms with Crippen LogP contribution in [0.2, 0.25) is 0 Å². The van der Waals surface area contributed by atoms with E-state index in [0.29, 0.717) is 6.04 Å². The molecule has 1 aromatic rings. The first-order valence-corrected chi connectivity index (χ1v) is 8.76. The van der Waals surface area contributed by atoms with Crippen LogP contribution in [-0.4, -0.2) is 66.9 Å². The summed E-state index contributed by atoms with van der Waals surface area (Å²) in [7, 11) is 0. The van der Waals surface area contributed by atoms with Gasteiger partial charge in [-0.25, -0.2) is 0 Å². The normalized spacial score (nSPS) is 21.0. The SMILES string of the molecule is CCC(CO)N1CCN(Cc2cccc3c2OCCCO3)CC1. The molecule has 2 aliphatic rings. The molecule has 0 aliphatic carbocycles. The van der Waals surface area contributed by atoms with Crippen LogP contribution < -0.4 is 9.47 Å². The molecule has 1 fully saturated rings. The summed E-state index contributed by atoms with van der Waals surface area (Å²) in [5, 5.41) is 9.45. The zero-order valence-corrected chi connectivity index (χ0v) is 14.0. The third-order valence-electron chi connectivity index (χ3n) is 4.85. The first kappa shape index (κ1) is 16.6. The number of benzene rings is 1. The second kappa shape index (κ2) is 7.99. The van der Waals surface area contributed by atoms with Crippen LogP contribution in [0.3, 0.4) is 0 Å². The summed E-state index contributed by atoms with van der Waals surface area (Å²) in [5.41, 5.74) is 1.21. The Kier molecular flexibility index (Phi) is 5.75. The Morgan fingerprint density at radius 2 is 1.91 bits per heavy atom. The van der Waals surface area contributed by atoms with E-state index < -0.39 is 0 Å². The van der Waals surface area contributed by atoms with E-state index >= 15 is 0 Å². The Labute approximate surface area is 138 Å². The summed E-state index contributed by atoms with van der Waals surface area (Å²) in [4.78, 5) is 4.87. The molecular formula is C18H28N2O3. The van der Waals surface area contributed by atoms with Gasteiger partial charge in [0, 0.05) is 50.7 Å². The molecule has 5 heteroatoms. The molecule has 0 amide bonds. The predicted octanol–water partition coefficient (Wildman–Crippen LogP) is 1.74. The molecule has 1 aromatic carbocycles. The molecule has 0 saturated carbocycles. The molecule has 0 aromatic heterocycles. The Morgan fingerprint density at radius 1 is 1.13 bits per heavy atom. The minimum atomic E-state index is 0.258. The van der Waals surface area contributed by atoms with Gasteiger partial charge in [0.05, 0.1) is 19.8 Å². The third kappa shape index (κ3) is 3.97. The van der Waals surface area contributed by atoms with E-state index in [0.717, 1.165) is 70.3 Å². The molecule has 3 rings (SSSR count). The number of rotatable bonds is 5. The van der Waals surface area contributed by atoms with E-state index in [-0.39, 0.29) is 6.61 Å². The summed E-state index contributed by atoms with van der Waals surface area (Å²) in [5.74, 6) is 1.80. The monoisotopic (exact) mass is 320 g/mol. The summed E-state index contributed by atoms with van der Waals surface area (Å²) in [6, 6.07) is 6.50. The van der Waals surface area contributed by atoms with Crippen LogP contribution in [-0.2, 0) is 6.54 Å². The molecule has 1 unspecified atom stereocenters. The fraction of sp³-hybridized carbons (Fsp3) is 0.667. The number of para-hydroxylation sites is 1. The van der Waals surface area contributed by atoms with Crippen LogP contribution in [0.15, 0.2) is 18.2 Å². The smallest absolute Gasteiger partial charge is 0.165 e. The highest BCUT2D eigenvalue weighted by atomic mass is 16.5. The minimum absolute atomic E-state index is 0.258. The fourth-order valence-electron chi connectivity index (χ4n) is 3.41. The molecule has 23 heavy (non-hydrogen) atoms. The van der Waals surface area contributed by atoms with E-state index in [4.69, 9.17) is 9.47 Å². The molecule has 0 bridgehead atoms. The van der Waals surface area contributed by atoms with Gasteiger partial charge in [-0.05, 0) is 12.5 Å². The summed E-state index contributed by atoms with van der Waals surface area (Å²) < 4.78 is 11.7. The van der Waals surface area contributed by atoms with Crippen LogP contribution in [0.5, 0.6) is 11.5 Å². The van der Waals surface area contributed by atoms with E-state index in [1.807, 2.05) is 6.07 Å². The van der Waals surface area contributed by atoms with Gasteiger partial charge in [-0.1, -0.05) is 19.1 Å². The summed E-state index contributed by atoms with van der Waals surface area (Å²) >= 11 is 0. The third-order valence-corrected chi connectivity index (χ3v) is 4.85. The van der Waals surface area contributed by atoms with Crippen LogP contribution in [0.4, 0.5) is 0 Å². The Bertz CT molecular complexity index is 497. The molecule has 2 heterocycles. The lowest BCUT2D eigenvalue weighted by Crippen LogP contribution is -2.50. The fourth-order valence-corrected chi connectivity index (χ4v) is 3.41. The van der Waals surface area contributed by atoms with E-state index in [1.165, 1.54) is 5.56 Å². The van der Waals surface area contributed by atoms with Gasteiger partial charge in [0.25, 0.3) is 0 Å². The minimum Gasteiger partial charge on any atom is -0.490 e. The van der Waals surface area contributed by atoms with Crippen LogP contribution in [0, 0.1) is 0 Å². The number of fused-ring (bicyclic) bond motifs is 1. The van der Waals surface area contributed by atoms with Crippen molar-refractivity contribution >= 4 is 0 Å². The Balaban J connectivity index is 1.61. The van der Waals surface area contributed by atoms with E-state index in [2.05, 4.69) is 28.9 Å². The zero-order valence-electron chi connectivity index (χ0n) is 14.0. The first-order valence-electron chi connectivity index (χ1n) is 8.76. The lowest BCUT2D eigenvalue weighted by atomic mass is 10.1. The van der Waals surface area contributed by atoms with Gasteiger partial charge in [0.2, 0.25) is 0 Å². The number of aliphatic hydroxyl groups excluding tert-OH is 1. The van der Waals surface area contributed by atoms with Gasteiger partial charge in [-0.3, -0.25) is 9.80 Å². The van der Waals surface area contributed by atoms with Crippen molar-refractivity contribution in [3.05, 3.63) is 23.8 Å². The molecule has 5 nitrogen and oxygen atoms in total. The van der Waals surface area contributed by atoms with Crippen LogP contribution in [0.25, 0.3) is 0 Å². The van der Waals surface area contributed by atoms with Gasteiger partial charge in [-0.2, -0.15) is 0 Å². The molecule has 1 saturated heterocycles. The highest BCUT2D eigenvalue weighted by Gasteiger charge is 2.23. The lowest BCUT2D eigenvalue weighted by Gasteiger charge is -2.38. The van der Waals surface area contributed by atoms with Crippen molar-refractivity contribution in [3.63, 3.8) is 0 Å². The zero-order chi connectivity index (χ0) is 16.1. The number of piperazine rings is 1. The van der Waals surface area contributed by atoms with Crippen molar-refractivity contribution in [2.45, 2.75) is 32.4 Å². The first-order chi connectivity index (χ1) is 11.3. The van der Waals surface area contributed by atoms with Gasteiger partial charge in [-0.15, -0.1) is 0 Å².